The van der Waals surface area contributed by atoms with Crippen molar-refractivity contribution < 1.29 is 4.79 Å². The number of hydrogen-bond acceptors (Lipinski definition) is 1. The molecule has 2 nitrogen and oxygen atoms in total. The van der Waals surface area contributed by atoms with Crippen LogP contribution in [0, 0.1) is 18.8 Å². The molecule has 1 aromatic rings. The monoisotopic (exact) mass is 229 g/mol. The van der Waals surface area contributed by atoms with Crippen molar-refractivity contribution in [2.75, 3.05) is 0 Å². The smallest absolute Gasteiger partial charge is 0.251 e. The fourth-order valence-corrected chi connectivity index (χ4v) is 2.47. The molecule has 2 heteroatoms. The van der Waals surface area contributed by atoms with Gasteiger partial charge in [-0.1, -0.05) is 17.7 Å². The lowest BCUT2D eigenvalue weighted by molar-refractivity contribution is 0.0926. The van der Waals surface area contributed by atoms with E-state index in [0.717, 1.165) is 17.4 Å². The van der Waals surface area contributed by atoms with Gasteiger partial charge in [-0.3, -0.25) is 4.79 Å². The molecule has 0 aliphatic heterocycles. The van der Waals surface area contributed by atoms with Crippen LogP contribution in [-0.2, 0) is 0 Å². The molecular weight excluding hydrogens is 210 g/mol. The highest BCUT2D eigenvalue weighted by Gasteiger charge is 2.42. The Morgan fingerprint density at radius 2 is 1.65 bits per heavy atom. The molecule has 2 fully saturated rings. The van der Waals surface area contributed by atoms with E-state index < -0.39 is 0 Å². The van der Waals surface area contributed by atoms with Gasteiger partial charge in [0.1, 0.15) is 0 Å². The third kappa shape index (κ3) is 2.51. The summed E-state index contributed by atoms with van der Waals surface area (Å²) >= 11 is 0. The van der Waals surface area contributed by atoms with Crippen molar-refractivity contribution in [3.63, 3.8) is 0 Å². The minimum Gasteiger partial charge on any atom is -0.349 e. The molecule has 2 saturated carbocycles. The second-order valence-electron chi connectivity index (χ2n) is 5.54. The van der Waals surface area contributed by atoms with Crippen LogP contribution in [-0.4, -0.2) is 11.9 Å². The Morgan fingerprint density at radius 1 is 1.12 bits per heavy atom. The lowest BCUT2D eigenvalue weighted by Crippen LogP contribution is -2.38. The van der Waals surface area contributed by atoms with Gasteiger partial charge in [0.25, 0.3) is 5.91 Å². The van der Waals surface area contributed by atoms with Crippen LogP contribution in [0.3, 0.4) is 0 Å². The zero-order valence-corrected chi connectivity index (χ0v) is 10.3. The van der Waals surface area contributed by atoms with Gasteiger partial charge in [0.15, 0.2) is 0 Å². The maximum absolute atomic E-state index is 12.1. The maximum Gasteiger partial charge on any atom is 0.251 e. The van der Waals surface area contributed by atoms with E-state index in [1.807, 2.05) is 31.2 Å². The molecule has 17 heavy (non-hydrogen) atoms. The average Bonchev–Trinajstić information content (AvgIpc) is 3.17. The molecule has 0 atom stereocenters. The van der Waals surface area contributed by atoms with Gasteiger partial charge < -0.3 is 5.32 Å². The summed E-state index contributed by atoms with van der Waals surface area (Å²) in [7, 11) is 0. The molecule has 0 bridgehead atoms. The van der Waals surface area contributed by atoms with Crippen molar-refractivity contribution in [1.82, 2.24) is 5.32 Å². The summed E-state index contributed by atoms with van der Waals surface area (Å²) < 4.78 is 0. The summed E-state index contributed by atoms with van der Waals surface area (Å²) in [6.07, 6.45) is 5.20. The van der Waals surface area contributed by atoms with Crippen molar-refractivity contribution in [2.45, 2.75) is 38.6 Å². The van der Waals surface area contributed by atoms with Crippen LogP contribution in [0.1, 0.15) is 41.6 Å². The average molecular weight is 229 g/mol. The molecular formula is C15H19NO. The predicted octanol–water partition coefficient (Wildman–Crippen LogP) is 2.91. The van der Waals surface area contributed by atoms with Gasteiger partial charge in [0.05, 0.1) is 0 Å². The van der Waals surface area contributed by atoms with Crippen molar-refractivity contribution >= 4 is 5.91 Å². The molecule has 1 aromatic carbocycles. The van der Waals surface area contributed by atoms with Crippen molar-refractivity contribution in [2.24, 2.45) is 11.8 Å². The Morgan fingerprint density at radius 3 is 2.12 bits per heavy atom. The zero-order valence-electron chi connectivity index (χ0n) is 10.3. The van der Waals surface area contributed by atoms with Crippen LogP contribution in [0.4, 0.5) is 0 Å². The third-order valence-electron chi connectivity index (χ3n) is 3.87. The van der Waals surface area contributed by atoms with Crippen LogP contribution in [0.15, 0.2) is 24.3 Å². The van der Waals surface area contributed by atoms with E-state index in [1.54, 1.807) is 0 Å². The number of aryl methyl sites for hydroxylation is 1. The summed E-state index contributed by atoms with van der Waals surface area (Å²) in [5.41, 5.74) is 1.99. The van der Waals surface area contributed by atoms with Crippen LogP contribution < -0.4 is 5.32 Å². The Balaban J connectivity index is 1.67. The van der Waals surface area contributed by atoms with Crippen molar-refractivity contribution in [1.29, 1.82) is 0 Å². The molecule has 0 spiro atoms. The Bertz CT molecular complexity index is 403. The first-order valence-corrected chi connectivity index (χ1v) is 6.61. The molecule has 0 heterocycles. The van der Waals surface area contributed by atoms with Crippen molar-refractivity contribution in [3.05, 3.63) is 35.4 Å². The highest BCUT2D eigenvalue weighted by Crippen LogP contribution is 2.44. The lowest BCUT2D eigenvalue weighted by Gasteiger charge is -2.17. The van der Waals surface area contributed by atoms with Gasteiger partial charge in [0.2, 0.25) is 0 Å². The highest BCUT2D eigenvalue weighted by atomic mass is 16.1. The fourth-order valence-electron chi connectivity index (χ4n) is 2.47. The van der Waals surface area contributed by atoms with Gasteiger partial charge >= 0.3 is 0 Å². The summed E-state index contributed by atoms with van der Waals surface area (Å²) in [6, 6.07) is 8.28. The fraction of sp³-hybridized carbons (Fsp3) is 0.533. The normalized spacial score (nSPS) is 19.4. The summed E-state index contributed by atoms with van der Waals surface area (Å²) in [4.78, 5) is 12.1. The molecule has 0 saturated heterocycles. The number of nitrogens with one attached hydrogen (secondary N) is 1. The number of hydrogen-bond donors (Lipinski definition) is 1. The second-order valence-corrected chi connectivity index (χ2v) is 5.54. The topological polar surface area (TPSA) is 29.1 Å². The molecule has 2 aliphatic carbocycles. The Labute approximate surface area is 102 Å². The number of amides is 1. The lowest BCUT2D eigenvalue weighted by atomic mass is 10.1. The number of carbonyl (C=O) groups is 1. The van der Waals surface area contributed by atoms with E-state index in [0.29, 0.717) is 6.04 Å². The number of rotatable bonds is 4. The van der Waals surface area contributed by atoms with Gasteiger partial charge in [0, 0.05) is 11.6 Å². The minimum absolute atomic E-state index is 0.105. The number of carbonyl (C=O) groups excluding carboxylic acids is 1. The van der Waals surface area contributed by atoms with E-state index in [-0.39, 0.29) is 5.91 Å². The van der Waals surface area contributed by atoms with Gasteiger partial charge in [-0.15, -0.1) is 0 Å². The van der Waals surface area contributed by atoms with E-state index in [4.69, 9.17) is 0 Å². The van der Waals surface area contributed by atoms with E-state index in [9.17, 15) is 4.79 Å². The molecule has 3 rings (SSSR count). The van der Waals surface area contributed by atoms with E-state index in [2.05, 4.69) is 5.32 Å². The summed E-state index contributed by atoms with van der Waals surface area (Å²) in [5, 5.41) is 3.24. The van der Waals surface area contributed by atoms with Crippen LogP contribution in [0.2, 0.25) is 0 Å². The molecule has 1 N–H and O–H groups in total. The standard InChI is InChI=1S/C15H19NO/c1-10-2-4-13(5-3-10)15(17)16-14(11-6-7-11)12-8-9-12/h2-5,11-12,14H,6-9H2,1H3,(H,16,17). The SMILES string of the molecule is Cc1ccc(C(=O)NC(C2CC2)C2CC2)cc1. The van der Waals surface area contributed by atoms with E-state index in [1.165, 1.54) is 31.2 Å². The van der Waals surface area contributed by atoms with Crippen molar-refractivity contribution in [3.8, 4) is 0 Å². The Kier molecular flexibility index (Phi) is 2.65. The zero-order chi connectivity index (χ0) is 11.8. The van der Waals surface area contributed by atoms with E-state index >= 15 is 0 Å². The molecule has 0 aromatic heterocycles. The maximum atomic E-state index is 12.1. The quantitative estimate of drug-likeness (QED) is 0.845. The van der Waals surface area contributed by atoms with Gasteiger partial charge in [-0.05, 0) is 56.6 Å². The Hall–Kier alpha value is -1.31. The second kappa shape index (κ2) is 4.17. The van der Waals surface area contributed by atoms with Crippen LogP contribution >= 0.6 is 0 Å². The molecule has 0 radical (unpaired) electrons. The minimum atomic E-state index is 0.105. The molecule has 2 aliphatic rings. The largest absolute Gasteiger partial charge is 0.349 e. The molecule has 1 amide bonds. The first-order chi connectivity index (χ1) is 8.24. The first kappa shape index (κ1) is 10.8. The highest BCUT2D eigenvalue weighted by molar-refractivity contribution is 5.94. The molecule has 0 unspecified atom stereocenters. The van der Waals surface area contributed by atoms with Gasteiger partial charge in [-0.2, -0.15) is 0 Å². The third-order valence-corrected chi connectivity index (χ3v) is 3.87. The number of benzene rings is 1. The van der Waals surface area contributed by atoms with Crippen LogP contribution in [0.25, 0.3) is 0 Å². The summed E-state index contributed by atoms with van der Waals surface area (Å²) in [6.45, 7) is 2.04. The van der Waals surface area contributed by atoms with Gasteiger partial charge in [-0.25, -0.2) is 0 Å². The predicted molar refractivity (Wildman–Crippen MR) is 67.9 cm³/mol. The molecule has 90 valence electrons. The summed E-state index contributed by atoms with van der Waals surface area (Å²) in [5.74, 6) is 1.63. The van der Waals surface area contributed by atoms with Crippen LogP contribution in [0.5, 0.6) is 0 Å². The first-order valence-electron chi connectivity index (χ1n) is 6.61.